The van der Waals surface area contributed by atoms with Crippen molar-refractivity contribution in [2.75, 3.05) is 0 Å². The van der Waals surface area contributed by atoms with Gasteiger partial charge in [0, 0.05) is 17.7 Å². The van der Waals surface area contributed by atoms with Crippen molar-refractivity contribution < 1.29 is 9.45 Å². The third kappa shape index (κ3) is 1.97. The topological polar surface area (TPSA) is 108 Å². The Labute approximate surface area is 108 Å². The molecule has 1 fully saturated rings. The third-order valence-corrected chi connectivity index (χ3v) is 3.44. The minimum atomic E-state index is -0.470. The molecule has 2 N–H and O–H groups in total. The van der Waals surface area contributed by atoms with Crippen LogP contribution in [0.3, 0.4) is 0 Å². The van der Waals surface area contributed by atoms with Crippen molar-refractivity contribution in [3.05, 3.63) is 40.2 Å². The van der Waals surface area contributed by atoms with E-state index in [4.69, 9.17) is 10.3 Å². The highest BCUT2D eigenvalue weighted by Crippen LogP contribution is 2.37. The summed E-state index contributed by atoms with van der Waals surface area (Å²) in [6.07, 6.45) is 2.77. The van der Waals surface area contributed by atoms with E-state index in [1.807, 2.05) is 0 Å². The van der Waals surface area contributed by atoms with E-state index in [-0.39, 0.29) is 5.69 Å². The van der Waals surface area contributed by atoms with Crippen LogP contribution in [0.25, 0.3) is 11.5 Å². The first-order valence-electron chi connectivity index (χ1n) is 5.96. The van der Waals surface area contributed by atoms with Crippen molar-refractivity contribution in [2.45, 2.75) is 24.8 Å². The molecule has 0 bridgehead atoms. The van der Waals surface area contributed by atoms with Gasteiger partial charge in [0.15, 0.2) is 5.82 Å². The Hall–Kier alpha value is -2.28. The Morgan fingerprint density at radius 1 is 1.32 bits per heavy atom. The van der Waals surface area contributed by atoms with Gasteiger partial charge in [-0.15, -0.1) is 0 Å². The Balaban J connectivity index is 1.88. The number of hydrogen-bond donors (Lipinski definition) is 1. The number of nitrogens with two attached hydrogens (primary N) is 1. The zero-order valence-electron chi connectivity index (χ0n) is 10.1. The van der Waals surface area contributed by atoms with E-state index in [0.29, 0.717) is 17.3 Å². The minimum Gasteiger partial charge on any atom is -0.334 e. The summed E-state index contributed by atoms with van der Waals surface area (Å²) >= 11 is 0. The number of nitrogens with zero attached hydrogens (tertiary/aromatic N) is 3. The van der Waals surface area contributed by atoms with Crippen molar-refractivity contribution in [1.82, 2.24) is 10.1 Å². The van der Waals surface area contributed by atoms with Gasteiger partial charge in [0.25, 0.3) is 11.6 Å². The number of nitro benzene ring substituents is 1. The van der Waals surface area contributed by atoms with Crippen molar-refractivity contribution in [3.63, 3.8) is 0 Å². The lowest BCUT2D eigenvalue weighted by Gasteiger charge is -2.34. The van der Waals surface area contributed by atoms with Gasteiger partial charge in [-0.05, 0) is 31.4 Å². The molecule has 0 radical (unpaired) electrons. The molecule has 0 spiro atoms. The molecule has 7 heteroatoms. The van der Waals surface area contributed by atoms with E-state index in [1.54, 1.807) is 12.1 Å². The van der Waals surface area contributed by atoms with Gasteiger partial charge >= 0.3 is 0 Å². The van der Waals surface area contributed by atoms with Crippen LogP contribution in [0.1, 0.15) is 25.1 Å². The van der Waals surface area contributed by atoms with Crippen LogP contribution in [0.4, 0.5) is 5.69 Å². The fourth-order valence-electron chi connectivity index (χ4n) is 2.05. The lowest BCUT2D eigenvalue weighted by atomic mass is 9.77. The Morgan fingerprint density at radius 2 is 2.00 bits per heavy atom. The summed E-state index contributed by atoms with van der Waals surface area (Å²) in [7, 11) is 0. The smallest absolute Gasteiger partial charge is 0.269 e. The summed E-state index contributed by atoms with van der Waals surface area (Å²) < 4.78 is 5.16. The van der Waals surface area contributed by atoms with Gasteiger partial charge in [0.05, 0.1) is 10.5 Å². The van der Waals surface area contributed by atoms with Gasteiger partial charge in [0.1, 0.15) is 0 Å². The van der Waals surface area contributed by atoms with Gasteiger partial charge in [-0.2, -0.15) is 4.98 Å². The first-order valence-corrected chi connectivity index (χ1v) is 5.96. The van der Waals surface area contributed by atoms with Gasteiger partial charge in [0.2, 0.25) is 0 Å². The molecule has 19 heavy (non-hydrogen) atoms. The number of non-ortho nitro benzene ring substituents is 1. The summed E-state index contributed by atoms with van der Waals surface area (Å²) in [6, 6.07) is 5.97. The summed E-state index contributed by atoms with van der Waals surface area (Å²) in [4.78, 5) is 14.4. The predicted molar refractivity (Wildman–Crippen MR) is 66.1 cm³/mol. The number of hydrogen-bond acceptors (Lipinski definition) is 6. The molecule has 98 valence electrons. The largest absolute Gasteiger partial charge is 0.334 e. The fraction of sp³-hybridized carbons (Fsp3) is 0.333. The summed E-state index contributed by atoms with van der Waals surface area (Å²) in [5, 5.41) is 14.5. The second kappa shape index (κ2) is 4.13. The van der Waals surface area contributed by atoms with Crippen molar-refractivity contribution in [2.24, 2.45) is 5.73 Å². The van der Waals surface area contributed by atoms with Gasteiger partial charge < -0.3 is 10.3 Å². The van der Waals surface area contributed by atoms with E-state index >= 15 is 0 Å². The van der Waals surface area contributed by atoms with Crippen LogP contribution >= 0.6 is 0 Å². The average Bonchev–Trinajstić information content (AvgIpc) is 2.86. The molecule has 1 aromatic carbocycles. The standard InChI is InChI=1S/C12H12N4O3/c13-12(6-1-7-12)11-14-10(19-15-11)8-2-4-9(5-3-8)16(17)18/h2-5H,1,6-7,13H2. The van der Waals surface area contributed by atoms with Crippen LogP contribution in [0.5, 0.6) is 0 Å². The maximum absolute atomic E-state index is 10.6. The summed E-state index contributed by atoms with van der Waals surface area (Å²) in [5.41, 5.74) is 6.31. The number of rotatable bonds is 3. The molecule has 7 nitrogen and oxygen atoms in total. The van der Waals surface area contributed by atoms with Crippen LogP contribution in [-0.4, -0.2) is 15.1 Å². The quantitative estimate of drug-likeness (QED) is 0.667. The minimum absolute atomic E-state index is 0.0257. The molecule has 1 saturated carbocycles. The van der Waals surface area contributed by atoms with E-state index in [9.17, 15) is 10.1 Å². The van der Waals surface area contributed by atoms with Crippen LogP contribution < -0.4 is 5.73 Å². The van der Waals surface area contributed by atoms with E-state index in [2.05, 4.69) is 10.1 Å². The Bertz CT molecular complexity index is 616. The molecule has 2 aromatic rings. The molecule has 3 rings (SSSR count). The maximum Gasteiger partial charge on any atom is 0.269 e. The maximum atomic E-state index is 10.6. The summed E-state index contributed by atoms with van der Waals surface area (Å²) in [6.45, 7) is 0. The fourth-order valence-corrected chi connectivity index (χ4v) is 2.05. The number of aromatic nitrogens is 2. The zero-order valence-corrected chi connectivity index (χ0v) is 10.1. The SMILES string of the molecule is NC1(c2noc(-c3ccc([N+](=O)[O-])cc3)n2)CCC1. The van der Waals surface area contributed by atoms with Crippen LogP contribution in [0, 0.1) is 10.1 Å². The second-order valence-electron chi connectivity index (χ2n) is 4.74. The molecular formula is C12H12N4O3. The third-order valence-electron chi connectivity index (χ3n) is 3.44. The van der Waals surface area contributed by atoms with Crippen molar-refractivity contribution >= 4 is 5.69 Å². The predicted octanol–water partition coefficient (Wildman–Crippen LogP) is 1.98. The highest BCUT2D eigenvalue weighted by Gasteiger charge is 2.39. The monoisotopic (exact) mass is 260 g/mol. The second-order valence-corrected chi connectivity index (χ2v) is 4.74. The first-order chi connectivity index (χ1) is 9.08. The zero-order chi connectivity index (χ0) is 13.5. The van der Waals surface area contributed by atoms with Crippen molar-refractivity contribution in [3.8, 4) is 11.5 Å². The average molecular weight is 260 g/mol. The van der Waals surface area contributed by atoms with Crippen LogP contribution in [-0.2, 0) is 5.54 Å². The molecule has 0 unspecified atom stereocenters. The van der Waals surface area contributed by atoms with Gasteiger partial charge in [-0.1, -0.05) is 5.16 Å². The highest BCUT2D eigenvalue weighted by atomic mass is 16.6. The van der Waals surface area contributed by atoms with Crippen molar-refractivity contribution in [1.29, 1.82) is 0 Å². The molecule has 1 heterocycles. The number of benzene rings is 1. The van der Waals surface area contributed by atoms with E-state index < -0.39 is 10.5 Å². The first kappa shape index (κ1) is 11.8. The Morgan fingerprint density at radius 3 is 2.53 bits per heavy atom. The molecule has 0 atom stereocenters. The lowest BCUT2D eigenvalue weighted by molar-refractivity contribution is -0.384. The molecule has 1 aliphatic rings. The molecule has 0 aliphatic heterocycles. The molecule has 0 saturated heterocycles. The molecule has 0 amide bonds. The van der Waals surface area contributed by atoms with Crippen LogP contribution in [0.15, 0.2) is 28.8 Å². The van der Waals surface area contributed by atoms with E-state index in [0.717, 1.165) is 19.3 Å². The van der Waals surface area contributed by atoms with E-state index in [1.165, 1.54) is 12.1 Å². The normalized spacial score (nSPS) is 16.9. The van der Waals surface area contributed by atoms with Gasteiger partial charge in [-0.3, -0.25) is 10.1 Å². The molecule has 1 aromatic heterocycles. The lowest BCUT2D eigenvalue weighted by Crippen LogP contribution is -2.44. The van der Waals surface area contributed by atoms with Crippen LogP contribution in [0.2, 0.25) is 0 Å². The van der Waals surface area contributed by atoms with Gasteiger partial charge in [-0.25, -0.2) is 0 Å². The number of nitro groups is 1. The highest BCUT2D eigenvalue weighted by molar-refractivity contribution is 5.55. The molecular weight excluding hydrogens is 248 g/mol. The Kier molecular flexibility index (Phi) is 2.56. The molecule has 1 aliphatic carbocycles. The summed E-state index contributed by atoms with van der Waals surface area (Å²) in [5.74, 6) is 0.841.